The number of ether oxygens (including phenoxy) is 1. The fraction of sp³-hybridized carbons (Fsp3) is 0.500. The number of halogens is 1. The quantitative estimate of drug-likeness (QED) is 0.814. The van der Waals surface area contributed by atoms with E-state index in [4.69, 9.17) is 4.74 Å². The molecule has 0 amide bonds. The van der Waals surface area contributed by atoms with E-state index >= 15 is 0 Å². The van der Waals surface area contributed by atoms with Crippen molar-refractivity contribution in [3.05, 3.63) is 33.4 Å². The third-order valence-electron chi connectivity index (χ3n) is 2.26. The van der Waals surface area contributed by atoms with Crippen LogP contribution in [0.15, 0.2) is 24.3 Å². The summed E-state index contributed by atoms with van der Waals surface area (Å²) in [6.45, 7) is 3.87. The highest BCUT2D eigenvalue weighted by Crippen LogP contribution is 2.09. The van der Waals surface area contributed by atoms with E-state index in [2.05, 4.69) is 59.1 Å². The zero-order chi connectivity index (χ0) is 11.1. The van der Waals surface area contributed by atoms with E-state index < -0.39 is 0 Å². The number of hydrogen-bond acceptors (Lipinski definition) is 2. The Morgan fingerprint density at radius 1 is 1.33 bits per heavy atom. The maximum atomic E-state index is 5.19. The third-order valence-corrected chi connectivity index (χ3v) is 2.98. The summed E-state index contributed by atoms with van der Waals surface area (Å²) in [7, 11) is 1.75. The zero-order valence-electron chi connectivity index (χ0n) is 9.29. The zero-order valence-corrected chi connectivity index (χ0v) is 11.5. The lowest BCUT2D eigenvalue weighted by Crippen LogP contribution is -2.34. The van der Waals surface area contributed by atoms with E-state index in [0.29, 0.717) is 6.04 Å². The highest BCUT2D eigenvalue weighted by molar-refractivity contribution is 14.1. The number of benzene rings is 1. The molecule has 0 aliphatic rings. The lowest BCUT2D eigenvalue weighted by Gasteiger charge is -2.16. The van der Waals surface area contributed by atoms with E-state index in [0.717, 1.165) is 19.6 Å². The summed E-state index contributed by atoms with van der Waals surface area (Å²) in [5.74, 6) is 0. The first-order valence-corrected chi connectivity index (χ1v) is 6.31. The Kier molecular flexibility index (Phi) is 6.20. The van der Waals surface area contributed by atoms with Gasteiger partial charge in [-0.3, -0.25) is 0 Å². The van der Waals surface area contributed by atoms with Crippen molar-refractivity contribution in [3.8, 4) is 0 Å². The molecule has 0 aromatic heterocycles. The number of nitrogens with one attached hydrogen (secondary N) is 1. The Bertz CT molecular complexity index is 267. The van der Waals surface area contributed by atoms with Crippen LogP contribution in [0.4, 0.5) is 0 Å². The molecule has 2 nitrogen and oxygen atoms in total. The number of methoxy groups -OCH3 is 1. The van der Waals surface area contributed by atoms with Crippen molar-refractivity contribution in [1.82, 2.24) is 5.32 Å². The van der Waals surface area contributed by atoms with Gasteiger partial charge in [-0.05, 0) is 53.3 Å². The first-order valence-electron chi connectivity index (χ1n) is 5.23. The van der Waals surface area contributed by atoms with Gasteiger partial charge in [0.2, 0.25) is 0 Å². The molecule has 0 fully saturated rings. The van der Waals surface area contributed by atoms with Crippen LogP contribution >= 0.6 is 22.6 Å². The summed E-state index contributed by atoms with van der Waals surface area (Å²) in [4.78, 5) is 0. The van der Waals surface area contributed by atoms with Gasteiger partial charge < -0.3 is 10.1 Å². The average Bonchev–Trinajstić information content (AvgIpc) is 2.22. The summed E-state index contributed by atoms with van der Waals surface area (Å²) in [6, 6.07) is 9.07. The summed E-state index contributed by atoms with van der Waals surface area (Å²) in [6.07, 6.45) is 1.03. The van der Waals surface area contributed by atoms with Crippen LogP contribution in [0.2, 0.25) is 0 Å². The van der Waals surface area contributed by atoms with Gasteiger partial charge in [0.05, 0.1) is 6.61 Å². The van der Waals surface area contributed by atoms with Gasteiger partial charge in [0.15, 0.2) is 0 Å². The molecule has 0 heterocycles. The Labute approximate surface area is 106 Å². The molecule has 0 saturated carbocycles. The van der Waals surface area contributed by atoms with Gasteiger partial charge in [-0.15, -0.1) is 0 Å². The second-order valence-electron chi connectivity index (χ2n) is 3.54. The Balaban J connectivity index is 2.53. The fourth-order valence-corrected chi connectivity index (χ4v) is 1.94. The van der Waals surface area contributed by atoms with Crippen molar-refractivity contribution in [2.75, 3.05) is 20.3 Å². The van der Waals surface area contributed by atoms with E-state index in [1.807, 2.05) is 0 Å². The van der Waals surface area contributed by atoms with Gasteiger partial charge in [-0.25, -0.2) is 0 Å². The van der Waals surface area contributed by atoms with Crippen LogP contribution < -0.4 is 5.32 Å². The molecule has 3 heteroatoms. The van der Waals surface area contributed by atoms with E-state index in [-0.39, 0.29) is 0 Å². The van der Waals surface area contributed by atoms with Crippen molar-refractivity contribution in [1.29, 1.82) is 0 Å². The molecule has 1 rings (SSSR count). The number of rotatable bonds is 6. The van der Waals surface area contributed by atoms with Crippen molar-refractivity contribution in [2.24, 2.45) is 0 Å². The molecule has 1 N–H and O–H groups in total. The monoisotopic (exact) mass is 319 g/mol. The van der Waals surface area contributed by atoms with Gasteiger partial charge in [0, 0.05) is 16.7 Å². The molecule has 1 unspecified atom stereocenters. The first kappa shape index (κ1) is 12.9. The van der Waals surface area contributed by atoms with Crippen molar-refractivity contribution >= 4 is 22.6 Å². The third kappa shape index (κ3) is 4.95. The largest absolute Gasteiger partial charge is 0.383 e. The van der Waals surface area contributed by atoms with Gasteiger partial charge in [-0.2, -0.15) is 0 Å². The van der Waals surface area contributed by atoms with Crippen LogP contribution in [0.25, 0.3) is 0 Å². The standard InChI is InChI=1S/C12H18INO/c1-3-14-12(9-15-2)8-10-4-6-11(13)7-5-10/h4-7,12,14H,3,8-9H2,1-2H3. The van der Waals surface area contributed by atoms with Crippen LogP contribution in [0.5, 0.6) is 0 Å². The summed E-state index contributed by atoms with van der Waals surface area (Å²) < 4.78 is 6.47. The van der Waals surface area contributed by atoms with Crippen LogP contribution in [0.1, 0.15) is 12.5 Å². The molecular weight excluding hydrogens is 301 g/mol. The highest BCUT2D eigenvalue weighted by atomic mass is 127. The minimum Gasteiger partial charge on any atom is -0.383 e. The fourth-order valence-electron chi connectivity index (χ4n) is 1.58. The summed E-state index contributed by atoms with van der Waals surface area (Å²) in [5, 5.41) is 3.42. The number of hydrogen-bond donors (Lipinski definition) is 1. The smallest absolute Gasteiger partial charge is 0.0619 e. The average molecular weight is 319 g/mol. The van der Waals surface area contributed by atoms with E-state index in [9.17, 15) is 0 Å². The molecule has 0 spiro atoms. The molecule has 0 bridgehead atoms. The van der Waals surface area contributed by atoms with Gasteiger partial charge in [-0.1, -0.05) is 19.1 Å². The molecule has 0 radical (unpaired) electrons. The highest BCUT2D eigenvalue weighted by Gasteiger charge is 2.07. The Morgan fingerprint density at radius 2 is 2.00 bits per heavy atom. The molecule has 0 aliphatic heterocycles. The predicted octanol–water partition coefficient (Wildman–Crippen LogP) is 2.46. The summed E-state index contributed by atoms with van der Waals surface area (Å²) in [5.41, 5.74) is 1.36. The van der Waals surface area contributed by atoms with Crippen LogP contribution in [-0.4, -0.2) is 26.3 Å². The molecule has 1 aromatic rings. The van der Waals surface area contributed by atoms with E-state index in [1.165, 1.54) is 9.13 Å². The van der Waals surface area contributed by atoms with Crippen LogP contribution in [0, 0.1) is 3.57 Å². The molecule has 84 valence electrons. The molecule has 0 aliphatic carbocycles. The minimum atomic E-state index is 0.417. The Hall–Kier alpha value is -0.130. The van der Waals surface area contributed by atoms with Gasteiger partial charge >= 0.3 is 0 Å². The molecule has 15 heavy (non-hydrogen) atoms. The van der Waals surface area contributed by atoms with Crippen molar-refractivity contribution < 1.29 is 4.74 Å². The second kappa shape index (κ2) is 7.19. The SMILES string of the molecule is CCNC(COC)Cc1ccc(I)cc1. The number of likely N-dealkylation sites (N-methyl/N-ethyl adjacent to an activating group) is 1. The van der Waals surface area contributed by atoms with E-state index in [1.54, 1.807) is 7.11 Å². The first-order chi connectivity index (χ1) is 7.26. The predicted molar refractivity (Wildman–Crippen MR) is 72.2 cm³/mol. The molecular formula is C12H18INO. The van der Waals surface area contributed by atoms with Crippen LogP contribution in [-0.2, 0) is 11.2 Å². The van der Waals surface area contributed by atoms with Crippen molar-refractivity contribution in [2.45, 2.75) is 19.4 Å². The maximum Gasteiger partial charge on any atom is 0.0619 e. The molecule has 0 saturated heterocycles. The minimum absolute atomic E-state index is 0.417. The second-order valence-corrected chi connectivity index (χ2v) is 4.79. The van der Waals surface area contributed by atoms with Crippen molar-refractivity contribution in [3.63, 3.8) is 0 Å². The van der Waals surface area contributed by atoms with Gasteiger partial charge in [0.25, 0.3) is 0 Å². The normalized spacial score (nSPS) is 12.7. The Morgan fingerprint density at radius 3 is 2.53 bits per heavy atom. The van der Waals surface area contributed by atoms with Gasteiger partial charge in [0.1, 0.15) is 0 Å². The van der Waals surface area contributed by atoms with Crippen LogP contribution in [0.3, 0.4) is 0 Å². The summed E-state index contributed by atoms with van der Waals surface area (Å²) >= 11 is 2.32. The topological polar surface area (TPSA) is 21.3 Å². The lowest BCUT2D eigenvalue weighted by atomic mass is 10.1. The molecule has 1 atom stereocenters. The molecule has 1 aromatic carbocycles. The maximum absolute atomic E-state index is 5.19. The lowest BCUT2D eigenvalue weighted by molar-refractivity contribution is 0.167.